The number of amidine groups is 1. The Morgan fingerprint density at radius 2 is 2.12 bits per heavy atom. The number of likely N-dealkylation sites (tertiary alicyclic amines) is 1. The van der Waals surface area contributed by atoms with Gasteiger partial charge in [-0.3, -0.25) is 4.90 Å². The van der Waals surface area contributed by atoms with Crippen LogP contribution in [-0.4, -0.2) is 51.4 Å². The molecule has 1 aliphatic rings. The largest absolute Gasteiger partial charge is 0.444 e. The van der Waals surface area contributed by atoms with Crippen LogP contribution in [0.3, 0.4) is 0 Å². The highest BCUT2D eigenvalue weighted by atomic mass is 16.6. The predicted octanol–water partition coefficient (Wildman–Crippen LogP) is 0.103. The van der Waals surface area contributed by atoms with E-state index >= 15 is 0 Å². The van der Waals surface area contributed by atoms with Gasteiger partial charge < -0.3 is 20.8 Å². The molecule has 2 unspecified atom stereocenters. The molecule has 7 heteroatoms. The molecule has 1 fully saturated rings. The van der Waals surface area contributed by atoms with E-state index in [0.717, 1.165) is 0 Å². The molecule has 0 aromatic heterocycles. The third-order valence-corrected chi connectivity index (χ3v) is 2.36. The molecule has 2 atom stereocenters. The second-order valence-corrected chi connectivity index (χ2v) is 5.06. The Hall–Kier alpha value is -1.50. The van der Waals surface area contributed by atoms with Crippen molar-refractivity contribution in [3.63, 3.8) is 0 Å². The fourth-order valence-electron chi connectivity index (χ4n) is 1.68. The van der Waals surface area contributed by atoms with Crippen LogP contribution in [0.1, 0.15) is 27.2 Å². The van der Waals surface area contributed by atoms with Crippen LogP contribution in [0.15, 0.2) is 5.16 Å². The van der Waals surface area contributed by atoms with Gasteiger partial charge in [-0.25, -0.2) is 4.79 Å². The van der Waals surface area contributed by atoms with E-state index in [0.29, 0.717) is 0 Å². The lowest BCUT2D eigenvalue weighted by molar-refractivity contribution is 0.0242. The third-order valence-electron chi connectivity index (χ3n) is 2.36. The second kappa shape index (κ2) is 4.79. The average Bonchev–Trinajstić information content (AvgIpc) is 2.56. The van der Waals surface area contributed by atoms with Gasteiger partial charge in [0.2, 0.25) is 0 Å². The number of hydrogen-bond acceptors (Lipinski definition) is 5. The van der Waals surface area contributed by atoms with Crippen LogP contribution in [0, 0.1) is 0 Å². The molecule has 1 aliphatic heterocycles. The SMILES string of the molecule is CC(C)(C)OC(=O)N1CC(O)CC1/C(N)=N/O. The first-order valence-corrected chi connectivity index (χ1v) is 5.39. The third kappa shape index (κ3) is 3.48. The molecule has 17 heavy (non-hydrogen) atoms. The fraction of sp³-hybridized carbons (Fsp3) is 0.800. The highest BCUT2D eigenvalue weighted by Gasteiger charge is 2.39. The van der Waals surface area contributed by atoms with Crippen LogP contribution in [0.4, 0.5) is 4.79 Å². The lowest BCUT2D eigenvalue weighted by Gasteiger charge is -2.27. The van der Waals surface area contributed by atoms with Crippen molar-refractivity contribution in [2.45, 2.75) is 44.9 Å². The molecular weight excluding hydrogens is 226 g/mol. The lowest BCUT2D eigenvalue weighted by Crippen LogP contribution is -2.46. The minimum absolute atomic E-state index is 0.104. The summed E-state index contributed by atoms with van der Waals surface area (Å²) in [6.07, 6.45) is -1.02. The Labute approximate surface area is 99.8 Å². The molecule has 7 nitrogen and oxygen atoms in total. The summed E-state index contributed by atoms with van der Waals surface area (Å²) in [6.45, 7) is 5.36. The van der Waals surface area contributed by atoms with Crippen molar-refractivity contribution in [2.75, 3.05) is 6.54 Å². The maximum atomic E-state index is 11.8. The summed E-state index contributed by atoms with van der Waals surface area (Å²) in [4.78, 5) is 13.1. The number of aliphatic hydroxyl groups excluding tert-OH is 1. The van der Waals surface area contributed by atoms with Crippen molar-refractivity contribution in [2.24, 2.45) is 10.9 Å². The van der Waals surface area contributed by atoms with Gasteiger partial charge in [-0.2, -0.15) is 0 Å². The molecule has 0 spiro atoms. The molecule has 0 radical (unpaired) electrons. The maximum absolute atomic E-state index is 11.8. The number of aliphatic hydroxyl groups is 1. The minimum atomic E-state index is -0.687. The van der Waals surface area contributed by atoms with Gasteiger partial charge in [0.1, 0.15) is 5.60 Å². The number of β-amino-alcohol motifs (C(OH)–C–C–N with tert-alkyl or cyclic N) is 1. The van der Waals surface area contributed by atoms with Gasteiger partial charge in [0.15, 0.2) is 5.84 Å². The summed E-state index contributed by atoms with van der Waals surface area (Å²) >= 11 is 0. The molecular formula is C10H19N3O4. The van der Waals surface area contributed by atoms with Crippen LogP contribution in [-0.2, 0) is 4.74 Å². The Morgan fingerprint density at radius 3 is 2.59 bits per heavy atom. The van der Waals surface area contributed by atoms with Crippen molar-refractivity contribution in [3.05, 3.63) is 0 Å². The number of amides is 1. The average molecular weight is 245 g/mol. The summed E-state index contributed by atoms with van der Waals surface area (Å²) < 4.78 is 5.18. The first kappa shape index (κ1) is 13.6. The van der Waals surface area contributed by atoms with E-state index in [1.54, 1.807) is 20.8 Å². The number of nitrogens with two attached hydrogens (primary N) is 1. The molecule has 98 valence electrons. The molecule has 1 saturated heterocycles. The molecule has 0 aliphatic carbocycles. The first-order valence-electron chi connectivity index (χ1n) is 5.39. The maximum Gasteiger partial charge on any atom is 0.411 e. The van der Waals surface area contributed by atoms with E-state index < -0.39 is 23.8 Å². The minimum Gasteiger partial charge on any atom is -0.444 e. The number of ether oxygens (including phenoxy) is 1. The summed E-state index contributed by atoms with van der Waals surface area (Å²) in [6, 6.07) is -0.621. The van der Waals surface area contributed by atoms with E-state index in [1.807, 2.05) is 0 Å². The van der Waals surface area contributed by atoms with Gasteiger partial charge in [0.25, 0.3) is 0 Å². The molecule has 1 amide bonds. The van der Waals surface area contributed by atoms with Crippen LogP contribution in [0.25, 0.3) is 0 Å². The first-order chi connectivity index (χ1) is 7.74. The van der Waals surface area contributed by atoms with Crippen molar-refractivity contribution >= 4 is 11.9 Å². The number of oxime groups is 1. The monoisotopic (exact) mass is 245 g/mol. The van der Waals surface area contributed by atoms with Gasteiger partial charge in [0, 0.05) is 6.42 Å². The van der Waals surface area contributed by atoms with Crippen LogP contribution < -0.4 is 5.73 Å². The fourth-order valence-corrected chi connectivity index (χ4v) is 1.68. The number of nitrogens with zero attached hydrogens (tertiary/aromatic N) is 2. The molecule has 4 N–H and O–H groups in total. The Kier molecular flexibility index (Phi) is 3.82. The highest BCUT2D eigenvalue weighted by molar-refractivity contribution is 5.89. The standard InChI is InChI=1S/C10H19N3O4/c1-10(2,3)17-9(15)13-5-6(14)4-7(13)8(11)12-16/h6-7,14,16H,4-5H2,1-3H3,(H2,11,12). The van der Waals surface area contributed by atoms with Gasteiger partial charge in [-0.05, 0) is 20.8 Å². The number of carbonyl (C=O) groups is 1. The topological polar surface area (TPSA) is 108 Å². The predicted molar refractivity (Wildman–Crippen MR) is 60.8 cm³/mol. The van der Waals surface area contributed by atoms with Crippen LogP contribution >= 0.6 is 0 Å². The van der Waals surface area contributed by atoms with E-state index in [9.17, 15) is 9.90 Å². The molecule has 1 heterocycles. The van der Waals surface area contributed by atoms with Crippen LogP contribution in [0.2, 0.25) is 0 Å². The summed E-state index contributed by atoms with van der Waals surface area (Å²) in [7, 11) is 0. The van der Waals surface area contributed by atoms with E-state index in [-0.39, 0.29) is 18.8 Å². The molecule has 1 rings (SSSR count). The molecule has 0 saturated carbocycles. The van der Waals surface area contributed by atoms with Crippen molar-refractivity contribution < 1.29 is 19.8 Å². The normalized spacial score (nSPS) is 26.1. The Bertz CT molecular complexity index is 324. The zero-order chi connectivity index (χ0) is 13.2. The van der Waals surface area contributed by atoms with Crippen molar-refractivity contribution in [1.82, 2.24) is 4.90 Å². The van der Waals surface area contributed by atoms with Crippen molar-refractivity contribution in [1.29, 1.82) is 0 Å². The van der Waals surface area contributed by atoms with Gasteiger partial charge in [-0.15, -0.1) is 0 Å². The van der Waals surface area contributed by atoms with E-state index in [2.05, 4.69) is 5.16 Å². The summed E-state index contributed by atoms with van der Waals surface area (Å²) in [5, 5.41) is 21.0. The lowest BCUT2D eigenvalue weighted by atomic mass is 10.2. The van der Waals surface area contributed by atoms with E-state index in [4.69, 9.17) is 15.7 Å². The summed E-state index contributed by atoms with van der Waals surface area (Å²) in [5.41, 5.74) is 4.85. The van der Waals surface area contributed by atoms with E-state index in [1.165, 1.54) is 4.90 Å². The number of carbonyl (C=O) groups excluding carboxylic acids is 1. The summed E-state index contributed by atoms with van der Waals surface area (Å²) in [5.74, 6) is -0.104. The van der Waals surface area contributed by atoms with Gasteiger partial charge in [0.05, 0.1) is 18.7 Å². The smallest absolute Gasteiger partial charge is 0.411 e. The second-order valence-electron chi connectivity index (χ2n) is 5.06. The molecule has 0 aromatic carbocycles. The zero-order valence-electron chi connectivity index (χ0n) is 10.3. The zero-order valence-corrected chi connectivity index (χ0v) is 10.3. The highest BCUT2D eigenvalue weighted by Crippen LogP contribution is 2.21. The molecule has 0 aromatic rings. The Balaban J connectivity index is 2.77. The van der Waals surface area contributed by atoms with Crippen molar-refractivity contribution in [3.8, 4) is 0 Å². The van der Waals surface area contributed by atoms with Gasteiger partial charge >= 0.3 is 6.09 Å². The Morgan fingerprint density at radius 1 is 1.53 bits per heavy atom. The number of rotatable bonds is 1. The van der Waals surface area contributed by atoms with Crippen LogP contribution in [0.5, 0.6) is 0 Å². The number of hydrogen-bond donors (Lipinski definition) is 3. The molecule has 0 bridgehead atoms. The van der Waals surface area contributed by atoms with Gasteiger partial charge in [-0.1, -0.05) is 5.16 Å². The quantitative estimate of drug-likeness (QED) is 0.263.